The summed E-state index contributed by atoms with van der Waals surface area (Å²) in [6.45, 7) is 5.36. The van der Waals surface area contributed by atoms with Gasteiger partial charge in [0.25, 0.3) is 10.0 Å². The van der Waals surface area contributed by atoms with Crippen molar-refractivity contribution in [2.24, 2.45) is 5.92 Å². The Morgan fingerprint density at radius 2 is 1.76 bits per heavy atom. The number of hydrogen-bond donors (Lipinski definition) is 3. The van der Waals surface area contributed by atoms with E-state index >= 15 is 0 Å². The average Bonchev–Trinajstić information content (AvgIpc) is 3.50. The molecular weight excluding hydrogens is 605 g/mol. The summed E-state index contributed by atoms with van der Waals surface area (Å²) in [5.41, 5.74) is 3.09. The molecule has 1 aliphatic carbocycles. The molecule has 2 aromatic heterocycles. The number of anilines is 2. The molecular formula is C26H28ClF3N4O5S2. The summed E-state index contributed by atoms with van der Waals surface area (Å²) >= 11 is 7.30. The van der Waals surface area contributed by atoms with Gasteiger partial charge in [-0.1, -0.05) is 47.9 Å². The third kappa shape index (κ3) is 8.88. The van der Waals surface area contributed by atoms with Gasteiger partial charge in [0.1, 0.15) is 5.15 Å². The van der Waals surface area contributed by atoms with Crippen LogP contribution in [0.25, 0.3) is 10.4 Å². The molecule has 4 rings (SSSR count). The number of hydrogen-bond acceptors (Lipinski definition) is 7. The van der Waals surface area contributed by atoms with Crippen molar-refractivity contribution in [3.05, 3.63) is 52.4 Å². The van der Waals surface area contributed by atoms with Crippen molar-refractivity contribution in [3.8, 4) is 10.4 Å². The van der Waals surface area contributed by atoms with Gasteiger partial charge in [0, 0.05) is 6.42 Å². The molecule has 2 heterocycles. The van der Waals surface area contributed by atoms with Crippen LogP contribution in [-0.4, -0.2) is 41.5 Å². The van der Waals surface area contributed by atoms with Crippen LogP contribution in [0.5, 0.6) is 0 Å². The number of carbonyl (C=O) groups excluding carboxylic acids is 1. The lowest BCUT2D eigenvalue weighted by molar-refractivity contribution is -0.192. The van der Waals surface area contributed by atoms with Gasteiger partial charge in [0.15, 0.2) is 5.13 Å². The van der Waals surface area contributed by atoms with Gasteiger partial charge in [-0.3, -0.25) is 9.52 Å². The molecule has 0 unspecified atom stereocenters. The van der Waals surface area contributed by atoms with E-state index in [1.807, 2.05) is 13.0 Å². The maximum atomic E-state index is 13.2. The van der Waals surface area contributed by atoms with Crippen LogP contribution in [0, 0.1) is 26.7 Å². The Morgan fingerprint density at radius 1 is 1.12 bits per heavy atom. The average molecular weight is 633 g/mol. The van der Waals surface area contributed by atoms with Crippen molar-refractivity contribution in [1.29, 1.82) is 0 Å². The molecule has 0 aliphatic heterocycles. The number of carboxylic acid groups (broad SMARTS) is 1. The molecule has 9 nitrogen and oxygen atoms in total. The number of amides is 1. The SMILES string of the molecule is Cc1ccc(-c2sc(NC(=O)CC3CCCC3)nc2C)cc1S(=O)(=O)Nc1cnc(Cl)c(C)c1.O=C(O)C(F)(F)F. The summed E-state index contributed by atoms with van der Waals surface area (Å²) in [7, 11) is -3.86. The Hall–Kier alpha value is -3.23. The molecule has 1 fully saturated rings. The van der Waals surface area contributed by atoms with Crippen molar-refractivity contribution >= 4 is 55.7 Å². The molecule has 1 saturated carbocycles. The van der Waals surface area contributed by atoms with Gasteiger partial charge in [-0.05, 0) is 68.4 Å². The molecule has 1 amide bonds. The molecule has 0 radical (unpaired) electrons. The number of pyridine rings is 1. The fraction of sp³-hybridized carbons (Fsp3) is 0.385. The number of thiazole rings is 1. The topological polar surface area (TPSA) is 138 Å². The van der Waals surface area contributed by atoms with Crippen molar-refractivity contribution in [3.63, 3.8) is 0 Å². The first kappa shape index (κ1) is 32.3. The second-order valence-electron chi connectivity index (χ2n) is 9.56. The van der Waals surface area contributed by atoms with Crippen LogP contribution in [0.4, 0.5) is 24.0 Å². The molecule has 1 aliphatic rings. The number of halogens is 4. The minimum Gasteiger partial charge on any atom is -0.475 e. The van der Waals surface area contributed by atoms with Crippen LogP contribution in [0.2, 0.25) is 5.15 Å². The van der Waals surface area contributed by atoms with Gasteiger partial charge >= 0.3 is 12.1 Å². The molecule has 41 heavy (non-hydrogen) atoms. The lowest BCUT2D eigenvalue weighted by Crippen LogP contribution is -2.21. The quantitative estimate of drug-likeness (QED) is 0.245. The van der Waals surface area contributed by atoms with E-state index in [1.165, 1.54) is 30.4 Å². The first-order chi connectivity index (χ1) is 19.1. The van der Waals surface area contributed by atoms with Crippen molar-refractivity contribution < 1.29 is 36.3 Å². The molecule has 1 aromatic carbocycles. The van der Waals surface area contributed by atoms with E-state index in [-0.39, 0.29) is 10.8 Å². The minimum atomic E-state index is -5.08. The van der Waals surface area contributed by atoms with Crippen LogP contribution >= 0.6 is 22.9 Å². The number of sulfonamides is 1. The number of aliphatic carboxylic acids is 1. The summed E-state index contributed by atoms with van der Waals surface area (Å²) in [4.78, 5) is 30.8. The Labute approximate surface area is 244 Å². The zero-order valence-corrected chi connectivity index (χ0v) is 24.7. The number of carboxylic acids is 1. The van der Waals surface area contributed by atoms with Crippen molar-refractivity contribution in [1.82, 2.24) is 9.97 Å². The third-order valence-corrected chi connectivity index (χ3v) is 9.28. The van der Waals surface area contributed by atoms with Crippen molar-refractivity contribution in [2.75, 3.05) is 10.0 Å². The number of carbonyl (C=O) groups is 2. The van der Waals surface area contributed by atoms with Crippen LogP contribution in [0.3, 0.4) is 0 Å². The lowest BCUT2D eigenvalue weighted by atomic mass is 10.0. The van der Waals surface area contributed by atoms with Crippen LogP contribution in [0.15, 0.2) is 35.4 Å². The molecule has 0 spiro atoms. The predicted molar refractivity (Wildman–Crippen MR) is 151 cm³/mol. The number of alkyl halides is 3. The zero-order valence-electron chi connectivity index (χ0n) is 22.3. The Bertz CT molecular complexity index is 1540. The molecule has 0 saturated heterocycles. The molecule has 15 heteroatoms. The highest BCUT2D eigenvalue weighted by Crippen LogP contribution is 2.35. The van der Waals surface area contributed by atoms with Crippen molar-refractivity contribution in [2.45, 2.75) is 63.9 Å². The van der Waals surface area contributed by atoms with Crippen LogP contribution in [0.1, 0.15) is 48.9 Å². The number of nitrogens with zero attached hydrogens (tertiary/aromatic N) is 2. The number of rotatable bonds is 7. The molecule has 3 N–H and O–H groups in total. The number of benzene rings is 1. The Balaban J connectivity index is 0.000000587. The zero-order chi connectivity index (χ0) is 30.5. The maximum absolute atomic E-state index is 13.2. The highest BCUT2D eigenvalue weighted by atomic mass is 35.5. The van der Waals surface area contributed by atoms with Gasteiger partial charge < -0.3 is 10.4 Å². The van der Waals surface area contributed by atoms with E-state index in [0.29, 0.717) is 39.4 Å². The highest BCUT2D eigenvalue weighted by Gasteiger charge is 2.38. The minimum absolute atomic E-state index is 0.0181. The largest absolute Gasteiger partial charge is 0.490 e. The second-order valence-corrected chi connectivity index (χ2v) is 12.6. The Kier molecular flexibility index (Phi) is 10.4. The second kappa shape index (κ2) is 13.2. The van der Waals surface area contributed by atoms with Gasteiger partial charge in [0.2, 0.25) is 5.91 Å². The fourth-order valence-electron chi connectivity index (χ4n) is 4.22. The van der Waals surface area contributed by atoms with Gasteiger partial charge in [-0.15, -0.1) is 0 Å². The summed E-state index contributed by atoms with van der Waals surface area (Å²) in [5.74, 6) is -2.32. The summed E-state index contributed by atoms with van der Waals surface area (Å²) in [5, 5.41) is 10.9. The first-order valence-corrected chi connectivity index (χ1v) is 15.1. The van der Waals surface area contributed by atoms with Crippen LogP contribution in [-0.2, 0) is 19.6 Å². The maximum Gasteiger partial charge on any atom is 0.490 e. The summed E-state index contributed by atoms with van der Waals surface area (Å²) in [6.07, 6.45) is 1.43. The van der Waals surface area contributed by atoms with E-state index < -0.39 is 22.2 Å². The van der Waals surface area contributed by atoms with E-state index in [1.54, 1.807) is 32.0 Å². The van der Waals surface area contributed by atoms with Crippen LogP contribution < -0.4 is 10.0 Å². The first-order valence-electron chi connectivity index (χ1n) is 12.4. The standard InChI is InChI=1S/C24H27ClN4O3S2.C2HF3O2/c1-14-8-9-18(12-20(14)34(31,32)29-19-10-15(2)23(25)26-13-19)22-16(3)27-24(33-22)28-21(30)11-17-6-4-5-7-17;3-2(4,5)1(6)7/h8-10,12-13,17,29H,4-7,11H2,1-3H3,(H,27,28,30);(H,6,7). The molecule has 222 valence electrons. The fourth-order valence-corrected chi connectivity index (χ4v) is 6.61. The normalized spacial score (nSPS) is 13.8. The van der Waals surface area contributed by atoms with E-state index in [2.05, 4.69) is 20.0 Å². The molecule has 0 atom stereocenters. The van der Waals surface area contributed by atoms with E-state index in [9.17, 15) is 26.4 Å². The van der Waals surface area contributed by atoms with E-state index in [0.717, 1.165) is 29.0 Å². The lowest BCUT2D eigenvalue weighted by Gasteiger charge is -2.12. The Morgan fingerprint density at radius 3 is 2.34 bits per heavy atom. The molecule has 0 bridgehead atoms. The van der Waals surface area contributed by atoms with E-state index in [4.69, 9.17) is 21.5 Å². The predicted octanol–water partition coefficient (Wildman–Crippen LogP) is 6.74. The number of aryl methyl sites for hydroxylation is 3. The number of aromatic nitrogens is 2. The smallest absolute Gasteiger partial charge is 0.475 e. The highest BCUT2D eigenvalue weighted by molar-refractivity contribution is 7.92. The number of nitrogens with one attached hydrogen (secondary N) is 2. The van der Waals surface area contributed by atoms with Gasteiger partial charge in [-0.2, -0.15) is 13.2 Å². The third-order valence-electron chi connectivity index (χ3n) is 6.24. The van der Waals surface area contributed by atoms with Gasteiger partial charge in [0.05, 0.1) is 27.4 Å². The molecule has 3 aromatic rings. The summed E-state index contributed by atoms with van der Waals surface area (Å²) < 4.78 is 60.6. The van der Waals surface area contributed by atoms with Gasteiger partial charge in [-0.25, -0.2) is 23.2 Å². The monoisotopic (exact) mass is 632 g/mol. The summed E-state index contributed by atoms with van der Waals surface area (Å²) in [6, 6.07) is 6.91.